The minimum atomic E-state index is -0.207. The lowest BCUT2D eigenvalue weighted by Gasteiger charge is -1.99. The molecule has 0 saturated heterocycles. The van der Waals surface area contributed by atoms with Crippen LogP contribution in [0, 0.1) is 5.82 Å². The Morgan fingerprint density at radius 3 is 2.94 bits per heavy atom. The molecule has 1 heterocycles. The maximum Gasteiger partial charge on any atom is 0.123 e. The molecular weight excluding hydrogens is 223 g/mol. The second-order valence-electron chi connectivity index (χ2n) is 3.76. The Hall–Kier alpha value is -1.26. The molecule has 0 saturated carbocycles. The molecule has 0 spiro atoms. The van der Waals surface area contributed by atoms with Gasteiger partial charge in [-0.15, -0.1) is 11.3 Å². The van der Waals surface area contributed by atoms with Crippen molar-refractivity contribution in [3.8, 4) is 0 Å². The van der Waals surface area contributed by atoms with E-state index in [1.54, 1.807) is 17.4 Å². The van der Waals surface area contributed by atoms with E-state index >= 15 is 0 Å². The summed E-state index contributed by atoms with van der Waals surface area (Å²) < 4.78 is 13.0. The Kier molecular flexibility index (Phi) is 3.31. The molecule has 1 atom stereocenters. The van der Waals surface area contributed by atoms with Crippen LogP contribution in [0.25, 0.3) is 0 Å². The molecule has 2 rings (SSSR count). The smallest absolute Gasteiger partial charge is 0.123 e. The third kappa shape index (κ3) is 2.65. The van der Waals surface area contributed by atoms with Crippen LogP contribution in [0.1, 0.15) is 29.2 Å². The Balaban J connectivity index is 2.14. The van der Waals surface area contributed by atoms with Gasteiger partial charge in [-0.1, -0.05) is 12.1 Å². The van der Waals surface area contributed by atoms with E-state index in [0.717, 1.165) is 16.3 Å². The van der Waals surface area contributed by atoms with Gasteiger partial charge in [-0.25, -0.2) is 9.37 Å². The van der Waals surface area contributed by atoms with Gasteiger partial charge in [0, 0.05) is 17.8 Å². The van der Waals surface area contributed by atoms with Crippen molar-refractivity contribution in [3.63, 3.8) is 0 Å². The molecule has 0 aliphatic carbocycles. The third-order valence-corrected chi connectivity index (χ3v) is 3.15. The molecule has 16 heavy (non-hydrogen) atoms. The average Bonchev–Trinajstić information content (AvgIpc) is 2.66. The third-order valence-electron chi connectivity index (χ3n) is 2.28. The highest BCUT2D eigenvalue weighted by Crippen LogP contribution is 2.18. The zero-order valence-corrected chi connectivity index (χ0v) is 9.80. The number of nitrogens with two attached hydrogens (primary N) is 1. The Labute approximate surface area is 97.9 Å². The van der Waals surface area contributed by atoms with E-state index in [1.807, 2.05) is 18.4 Å². The maximum atomic E-state index is 13.0. The van der Waals surface area contributed by atoms with Gasteiger partial charge in [0.15, 0.2) is 0 Å². The number of benzene rings is 1. The highest BCUT2D eigenvalue weighted by atomic mass is 32.1. The summed E-state index contributed by atoms with van der Waals surface area (Å²) in [4.78, 5) is 4.41. The van der Waals surface area contributed by atoms with Crippen molar-refractivity contribution in [1.82, 2.24) is 4.98 Å². The fourth-order valence-electron chi connectivity index (χ4n) is 1.44. The minimum Gasteiger partial charge on any atom is -0.323 e. The zero-order chi connectivity index (χ0) is 11.5. The molecule has 0 aliphatic rings. The largest absolute Gasteiger partial charge is 0.323 e. The van der Waals surface area contributed by atoms with Gasteiger partial charge in [-0.05, 0) is 24.6 Å². The Morgan fingerprint density at radius 1 is 1.50 bits per heavy atom. The highest BCUT2D eigenvalue weighted by molar-refractivity contribution is 7.09. The van der Waals surface area contributed by atoms with Gasteiger partial charge in [0.05, 0.1) is 10.7 Å². The van der Waals surface area contributed by atoms with Crippen LogP contribution in [-0.4, -0.2) is 4.98 Å². The van der Waals surface area contributed by atoms with Gasteiger partial charge >= 0.3 is 0 Å². The van der Waals surface area contributed by atoms with Crippen molar-refractivity contribution < 1.29 is 4.39 Å². The van der Waals surface area contributed by atoms with E-state index in [1.165, 1.54) is 12.1 Å². The number of hydrogen-bond acceptors (Lipinski definition) is 3. The normalized spacial score (nSPS) is 12.7. The first-order valence-electron chi connectivity index (χ1n) is 5.09. The van der Waals surface area contributed by atoms with Crippen molar-refractivity contribution in [3.05, 3.63) is 51.7 Å². The van der Waals surface area contributed by atoms with Gasteiger partial charge < -0.3 is 5.73 Å². The molecule has 2 N–H and O–H groups in total. The summed E-state index contributed by atoms with van der Waals surface area (Å²) >= 11 is 1.57. The van der Waals surface area contributed by atoms with Crippen molar-refractivity contribution in [2.45, 2.75) is 19.4 Å². The highest BCUT2D eigenvalue weighted by Gasteiger charge is 2.06. The van der Waals surface area contributed by atoms with Crippen LogP contribution in [0.3, 0.4) is 0 Å². The van der Waals surface area contributed by atoms with Gasteiger partial charge in [0.2, 0.25) is 0 Å². The lowest BCUT2D eigenvalue weighted by atomic mass is 10.1. The monoisotopic (exact) mass is 236 g/mol. The summed E-state index contributed by atoms with van der Waals surface area (Å²) in [6, 6.07) is 6.55. The van der Waals surface area contributed by atoms with Crippen LogP contribution in [0.4, 0.5) is 4.39 Å². The van der Waals surface area contributed by atoms with Gasteiger partial charge in [0.25, 0.3) is 0 Å². The molecule has 0 amide bonds. The minimum absolute atomic E-state index is 0.0440. The molecule has 0 fully saturated rings. The molecule has 0 aliphatic heterocycles. The lowest BCUT2D eigenvalue weighted by molar-refractivity contribution is 0.626. The molecule has 0 bridgehead atoms. The standard InChI is InChI=1S/C12H13FN2S/c1-8(14)11-7-16-12(15-11)6-9-3-2-4-10(13)5-9/h2-5,7-8H,6,14H2,1H3. The predicted octanol–water partition coefficient (Wildman–Crippen LogP) is 2.89. The molecule has 2 nitrogen and oxygen atoms in total. The van der Waals surface area contributed by atoms with E-state index in [0.29, 0.717) is 6.42 Å². The van der Waals surface area contributed by atoms with Crippen LogP contribution in [0.2, 0.25) is 0 Å². The first-order valence-corrected chi connectivity index (χ1v) is 5.97. The second kappa shape index (κ2) is 4.72. The van der Waals surface area contributed by atoms with Crippen LogP contribution in [0.15, 0.2) is 29.6 Å². The number of rotatable bonds is 3. The molecule has 4 heteroatoms. The molecule has 1 aromatic heterocycles. The molecule has 1 unspecified atom stereocenters. The van der Waals surface area contributed by atoms with Crippen molar-refractivity contribution in [1.29, 1.82) is 0 Å². The van der Waals surface area contributed by atoms with Crippen LogP contribution in [0.5, 0.6) is 0 Å². The zero-order valence-electron chi connectivity index (χ0n) is 8.98. The summed E-state index contributed by atoms with van der Waals surface area (Å²) in [6.07, 6.45) is 0.662. The van der Waals surface area contributed by atoms with Crippen LogP contribution >= 0.6 is 11.3 Å². The average molecular weight is 236 g/mol. The van der Waals surface area contributed by atoms with Crippen molar-refractivity contribution >= 4 is 11.3 Å². The number of aromatic nitrogens is 1. The summed E-state index contributed by atoms with van der Waals surface area (Å²) in [5, 5.41) is 2.93. The van der Waals surface area contributed by atoms with E-state index in [9.17, 15) is 4.39 Å². The van der Waals surface area contributed by atoms with Gasteiger partial charge in [0.1, 0.15) is 5.82 Å². The molecular formula is C12H13FN2S. The van der Waals surface area contributed by atoms with Crippen molar-refractivity contribution in [2.24, 2.45) is 5.73 Å². The molecule has 1 aromatic carbocycles. The number of halogens is 1. The van der Waals surface area contributed by atoms with Crippen molar-refractivity contribution in [2.75, 3.05) is 0 Å². The predicted molar refractivity (Wildman–Crippen MR) is 63.9 cm³/mol. The second-order valence-corrected chi connectivity index (χ2v) is 4.70. The summed E-state index contributed by atoms with van der Waals surface area (Å²) in [6.45, 7) is 1.90. The van der Waals surface area contributed by atoms with E-state index in [-0.39, 0.29) is 11.9 Å². The van der Waals surface area contributed by atoms with Gasteiger partial charge in [-0.2, -0.15) is 0 Å². The first kappa shape index (κ1) is 11.2. The topological polar surface area (TPSA) is 38.9 Å². The van der Waals surface area contributed by atoms with Crippen LogP contribution < -0.4 is 5.73 Å². The summed E-state index contributed by atoms with van der Waals surface area (Å²) in [7, 11) is 0. The number of thiazole rings is 1. The van der Waals surface area contributed by atoms with E-state index in [4.69, 9.17) is 5.73 Å². The molecule has 2 aromatic rings. The van der Waals surface area contributed by atoms with Gasteiger partial charge in [-0.3, -0.25) is 0 Å². The van der Waals surface area contributed by atoms with E-state index in [2.05, 4.69) is 4.98 Å². The van der Waals surface area contributed by atoms with E-state index < -0.39 is 0 Å². The first-order chi connectivity index (χ1) is 7.65. The Morgan fingerprint density at radius 2 is 2.31 bits per heavy atom. The molecule has 0 radical (unpaired) electrons. The number of hydrogen-bond donors (Lipinski definition) is 1. The quantitative estimate of drug-likeness (QED) is 0.890. The fourth-order valence-corrected chi connectivity index (χ4v) is 2.37. The maximum absolute atomic E-state index is 13.0. The SMILES string of the molecule is CC(N)c1csc(Cc2cccc(F)c2)n1. The lowest BCUT2D eigenvalue weighted by Crippen LogP contribution is -2.05. The summed E-state index contributed by atoms with van der Waals surface area (Å²) in [5.74, 6) is -0.207. The Bertz CT molecular complexity index is 479. The summed E-state index contributed by atoms with van der Waals surface area (Å²) in [5.41, 5.74) is 7.56. The van der Waals surface area contributed by atoms with Crippen LogP contribution in [-0.2, 0) is 6.42 Å². The fraction of sp³-hybridized carbons (Fsp3) is 0.250. The molecule has 84 valence electrons. The number of nitrogens with zero attached hydrogens (tertiary/aromatic N) is 1.